The van der Waals surface area contributed by atoms with Gasteiger partial charge in [0.2, 0.25) is 5.95 Å². The average molecular weight is 381 g/mol. The predicted octanol–water partition coefficient (Wildman–Crippen LogP) is 2.60. The number of aromatic nitrogens is 3. The van der Waals surface area contributed by atoms with Crippen LogP contribution in [0, 0.1) is 5.92 Å². The molecule has 3 aromatic rings. The van der Waals surface area contributed by atoms with Gasteiger partial charge in [0.05, 0.1) is 0 Å². The maximum Gasteiger partial charge on any atom is 0.254 e. The van der Waals surface area contributed by atoms with Crippen LogP contribution in [-0.4, -0.2) is 33.0 Å². The Labute approximate surface area is 164 Å². The van der Waals surface area contributed by atoms with E-state index in [1.165, 1.54) is 6.20 Å². The third kappa shape index (κ3) is 4.40. The fourth-order valence-corrected chi connectivity index (χ4v) is 3.19. The molecule has 6 N–H and O–H groups in total. The van der Waals surface area contributed by atoms with Crippen LogP contribution in [0.3, 0.4) is 0 Å². The second kappa shape index (κ2) is 8.26. The Morgan fingerprint density at radius 2 is 2.07 bits per heavy atom. The summed E-state index contributed by atoms with van der Waals surface area (Å²) in [5.74, 6) is 0.676. The number of rotatable bonds is 8. The molecule has 0 saturated heterocycles. The zero-order valence-corrected chi connectivity index (χ0v) is 16.4. The van der Waals surface area contributed by atoms with Crippen LogP contribution in [-0.2, 0) is 7.05 Å². The van der Waals surface area contributed by atoms with Gasteiger partial charge >= 0.3 is 0 Å². The molecule has 0 aliphatic heterocycles. The maximum atomic E-state index is 11.8. The minimum Gasteiger partial charge on any atom is -0.365 e. The summed E-state index contributed by atoms with van der Waals surface area (Å²) in [4.78, 5) is 20.5. The molecule has 0 aliphatic carbocycles. The Bertz CT molecular complexity index is 980. The lowest BCUT2D eigenvalue weighted by Crippen LogP contribution is -2.31. The largest absolute Gasteiger partial charge is 0.365 e. The number of hydrogen-bond acceptors (Lipinski definition) is 6. The Kier molecular flexibility index (Phi) is 5.79. The lowest BCUT2D eigenvalue weighted by Gasteiger charge is -2.16. The summed E-state index contributed by atoms with van der Waals surface area (Å²) < 4.78 is 2.03. The number of fused-ring (bicyclic) bond motifs is 1. The fourth-order valence-electron chi connectivity index (χ4n) is 3.19. The van der Waals surface area contributed by atoms with E-state index in [2.05, 4.69) is 34.4 Å². The quantitative estimate of drug-likeness (QED) is 0.475. The second-order valence-electron chi connectivity index (χ2n) is 7.38. The van der Waals surface area contributed by atoms with Gasteiger partial charge in [-0.1, -0.05) is 19.9 Å². The Balaban J connectivity index is 1.86. The van der Waals surface area contributed by atoms with Crippen molar-refractivity contribution in [3.05, 3.63) is 42.2 Å². The topological polar surface area (TPSA) is 124 Å². The van der Waals surface area contributed by atoms with Crippen LogP contribution in [0.5, 0.6) is 0 Å². The van der Waals surface area contributed by atoms with Gasteiger partial charge < -0.3 is 26.7 Å². The van der Waals surface area contributed by atoms with Crippen LogP contribution >= 0.6 is 0 Å². The molecule has 0 saturated carbocycles. The van der Waals surface area contributed by atoms with Gasteiger partial charge in [0.1, 0.15) is 11.4 Å². The van der Waals surface area contributed by atoms with E-state index in [-0.39, 0.29) is 11.6 Å². The molecule has 8 heteroatoms. The third-order valence-corrected chi connectivity index (χ3v) is 4.53. The van der Waals surface area contributed by atoms with Crippen LogP contribution in [0.25, 0.3) is 10.9 Å². The molecule has 3 rings (SSSR count). The van der Waals surface area contributed by atoms with E-state index in [4.69, 9.17) is 11.5 Å². The van der Waals surface area contributed by atoms with Crippen molar-refractivity contribution in [2.45, 2.75) is 26.3 Å². The van der Waals surface area contributed by atoms with Gasteiger partial charge in [-0.25, -0.2) is 4.98 Å². The standard InChI is InChI=1S/C20H27N7O/c1-12(2)9-13(21)10-23-20-24-11-15(18(22)28)19(26-20)25-16-5-4-6-17-14(16)7-8-27(17)3/h4-8,11-13H,9-10,21H2,1-3H3,(H2,22,28)(H2,23,24,25,26). The minimum absolute atomic E-state index is 0.00565. The molecule has 0 fully saturated rings. The van der Waals surface area contributed by atoms with Gasteiger partial charge in [-0.2, -0.15) is 4.98 Å². The summed E-state index contributed by atoms with van der Waals surface area (Å²) >= 11 is 0. The number of aryl methyl sites for hydroxylation is 1. The van der Waals surface area contributed by atoms with Crippen LogP contribution in [0.15, 0.2) is 36.7 Å². The van der Waals surface area contributed by atoms with Crippen LogP contribution in [0.1, 0.15) is 30.6 Å². The van der Waals surface area contributed by atoms with Gasteiger partial charge in [0.25, 0.3) is 5.91 Å². The molecule has 0 radical (unpaired) electrons. The Hall–Kier alpha value is -3.13. The highest BCUT2D eigenvalue weighted by atomic mass is 16.1. The number of nitrogens with two attached hydrogens (primary N) is 2. The first-order chi connectivity index (χ1) is 13.3. The monoisotopic (exact) mass is 381 g/mol. The van der Waals surface area contributed by atoms with Gasteiger partial charge in [0.15, 0.2) is 0 Å². The predicted molar refractivity (Wildman–Crippen MR) is 113 cm³/mol. The summed E-state index contributed by atoms with van der Waals surface area (Å²) in [7, 11) is 1.98. The molecule has 8 nitrogen and oxygen atoms in total. The molecule has 28 heavy (non-hydrogen) atoms. The smallest absolute Gasteiger partial charge is 0.254 e. The maximum absolute atomic E-state index is 11.8. The molecule has 1 amide bonds. The SMILES string of the molecule is CC(C)CC(N)CNc1ncc(C(N)=O)c(Nc2cccc3c2ccn3C)n1. The third-order valence-electron chi connectivity index (χ3n) is 4.53. The lowest BCUT2D eigenvalue weighted by atomic mass is 10.0. The van der Waals surface area contributed by atoms with E-state index < -0.39 is 5.91 Å². The first kappa shape index (κ1) is 19.6. The van der Waals surface area contributed by atoms with Crippen molar-refractivity contribution in [3.8, 4) is 0 Å². The molecular weight excluding hydrogens is 354 g/mol. The number of primary amides is 1. The average Bonchev–Trinajstić information content (AvgIpc) is 3.02. The van der Waals surface area contributed by atoms with Crippen LogP contribution in [0.2, 0.25) is 0 Å². The molecule has 0 spiro atoms. The number of benzene rings is 1. The number of nitrogens with zero attached hydrogens (tertiary/aromatic N) is 3. The van der Waals surface area contributed by atoms with Crippen molar-refractivity contribution in [2.75, 3.05) is 17.2 Å². The number of nitrogens with one attached hydrogen (secondary N) is 2. The Morgan fingerprint density at radius 3 is 2.79 bits per heavy atom. The summed E-state index contributed by atoms with van der Waals surface area (Å²) in [6, 6.07) is 7.90. The highest BCUT2D eigenvalue weighted by molar-refractivity contribution is 6.00. The van der Waals surface area contributed by atoms with E-state index >= 15 is 0 Å². The molecular formula is C20H27N7O. The van der Waals surface area contributed by atoms with Crippen LogP contribution in [0.4, 0.5) is 17.5 Å². The summed E-state index contributed by atoms with van der Waals surface area (Å²) in [5.41, 5.74) is 13.8. The second-order valence-corrected chi connectivity index (χ2v) is 7.38. The van der Waals surface area contributed by atoms with Crippen molar-refractivity contribution in [2.24, 2.45) is 24.4 Å². The number of anilines is 3. The lowest BCUT2D eigenvalue weighted by molar-refractivity contribution is 0.100. The van der Waals surface area contributed by atoms with Gasteiger partial charge in [0, 0.05) is 48.6 Å². The fraction of sp³-hybridized carbons (Fsp3) is 0.350. The van der Waals surface area contributed by atoms with Gasteiger partial charge in [-0.3, -0.25) is 4.79 Å². The highest BCUT2D eigenvalue weighted by Gasteiger charge is 2.15. The normalized spacial score (nSPS) is 12.3. The van der Waals surface area contributed by atoms with Crippen molar-refractivity contribution in [1.82, 2.24) is 14.5 Å². The molecule has 2 heterocycles. The zero-order valence-electron chi connectivity index (χ0n) is 16.4. The molecule has 2 aromatic heterocycles. The van der Waals surface area contributed by atoms with Crippen molar-refractivity contribution in [1.29, 1.82) is 0 Å². The zero-order chi connectivity index (χ0) is 20.3. The van der Waals surface area contributed by atoms with Gasteiger partial charge in [-0.15, -0.1) is 0 Å². The molecule has 0 aliphatic rings. The van der Waals surface area contributed by atoms with E-state index in [1.54, 1.807) is 0 Å². The minimum atomic E-state index is -0.592. The van der Waals surface area contributed by atoms with Crippen LogP contribution < -0.4 is 22.1 Å². The summed E-state index contributed by atoms with van der Waals surface area (Å²) in [6.07, 6.45) is 4.31. The summed E-state index contributed by atoms with van der Waals surface area (Å²) in [5, 5.41) is 7.39. The van der Waals surface area contributed by atoms with E-state index in [1.807, 2.05) is 42.1 Å². The number of carbonyl (C=O) groups is 1. The van der Waals surface area contributed by atoms with Crippen molar-refractivity contribution >= 4 is 34.3 Å². The first-order valence-electron chi connectivity index (χ1n) is 9.32. The van der Waals surface area contributed by atoms with Crippen molar-refractivity contribution < 1.29 is 4.79 Å². The number of amides is 1. The highest BCUT2D eigenvalue weighted by Crippen LogP contribution is 2.27. The van der Waals surface area contributed by atoms with E-state index in [0.29, 0.717) is 24.2 Å². The molecule has 1 atom stereocenters. The molecule has 148 valence electrons. The molecule has 1 unspecified atom stereocenters. The first-order valence-corrected chi connectivity index (χ1v) is 9.32. The van der Waals surface area contributed by atoms with E-state index in [9.17, 15) is 4.79 Å². The van der Waals surface area contributed by atoms with E-state index in [0.717, 1.165) is 23.0 Å². The number of carbonyl (C=O) groups excluding carboxylic acids is 1. The Morgan fingerprint density at radius 1 is 1.29 bits per heavy atom. The number of hydrogen-bond donors (Lipinski definition) is 4. The molecule has 1 aromatic carbocycles. The van der Waals surface area contributed by atoms with Crippen molar-refractivity contribution in [3.63, 3.8) is 0 Å². The molecule has 0 bridgehead atoms. The summed E-state index contributed by atoms with van der Waals surface area (Å²) in [6.45, 7) is 4.80. The van der Waals surface area contributed by atoms with Gasteiger partial charge in [-0.05, 0) is 30.5 Å².